The van der Waals surface area contributed by atoms with Crippen LogP contribution >= 0.6 is 11.3 Å². The van der Waals surface area contributed by atoms with E-state index < -0.39 is 21.9 Å². The molecule has 0 aliphatic carbocycles. The van der Waals surface area contributed by atoms with Gasteiger partial charge in [0, 0.05) is 11.4 Å². The second-order valence-corrected chi connectivity index (χ2v) is 7.03. The highest BCUT2D eigenvalue weighted by Gasteiger charge is 2.21. The molecule has 2 N–H and O–H groups in total. The predicted molar refractivity (Wildman–Crippen MR) is 70.3 cm³/mol. The minimum absolute atomic E-state index is 0.0759. The number of carboxylic acid groups (broad SMARTS) is 1. The molecular formula is C11H17NO4S2. The molecule has 0 saturated carbocycles. The first-order chi connectivity index (χ1) is 8.40. The van der Waals surface area contributed by atoms with Gasteiger partial charge in [0.05, 0.1) is 5.92 Å². The molecule has 18 heavy (non-hydrogen) atoms. The Morgan fingerprint density at radius 3 is 2.56 bits per heavy atom. The van der Waals surface area contributed by atoms with E-state index in [0.717, 1.165) is 11.3 Å². The van der Waals surface area contributed by atoms with Crippen LogP contribution in [0.15, 0.2) is 16.3 Å². The zero-order valence-corrected chi connectivity index (χ0v) is 12.0. The zero-order valence-electron chi connectivity index (χ0n) is 10.3. The third kappa shape index (κ3) is 3.79. The van der Waals surface area contributed by atoms with Crippen LogP contribution in [0, 0.1) is 5.92 Å². The van der Waals surface area contributed by atoms with Crippen LogP contribution in [0.4, 0.5) is 0 Å². The van der Waals surface area contributed by atoms with E-state index in [4.69, 9.17) is 5.11 Å². The Morgan fingerprint density at radius 2 is 2.11 bits per heavy atom. The first kappa shape index (κ1) is 15.1. The summed E-state index contributed by atoms with van der Waals surface area (Å²) in [5.74, 6) is -1.67. The number of sulfonamides is 1. The van der Waals surface area contributed by atoms with Crippen molar-refractivity contribution in [3.05, 3.63) is 17.0 Å². The summed E-state index contributed by atoms with van der Waals surface area (Å²) < 4.78 is 26.4. The van der Waals surface area contributed by atoms with Crippen molar-refractivity contribution in [3.8, 4) is 0 Å². The molecule has 102 valence electrons. The molecule has 0 spiro atoms. The Labute approximate surface area is 111 Å². The number of thiophene rings is 1. The summed E-state index contributed by atoms with van der Waals surface area (Å²) in [5, 5.41) is 8.85. The SMILES string of the molecule is CCc1ccc(S(=O)(=O)NCC(CC)C(=O)O)s1. The number of aryl methyl sites for hydroxylation is 1. The van der Waals surface area contributed by atoms with E-state index in [1.165, 1.54) is 11.3 Å². The van der Waals surface area contributed by atoms with Gasteiger partial charge >= 0.3 is 5.97 Å². The van der Waals surface area contributed by atoms with Crippen molar-refractivity contribution < 1.29 is 18.3 Å². The summed E-state index contributed by atoms with van der Waals surface area (Å²) in [7, 11) is -3.58. The van der Waals surface area contributed by atoms with E-state index in [-0.39, 0.29) is 10.8 Å². The molecule has 1 aromatic heterocycles. The van der Waals surface area contributed by atoms with Gasteiger partial charge in [-0.05, 0) is 25.0 Å². The number of nitrogens with one attached hydrogen (secondary N) is 1. The third-order valence-electron chi connectivity index (χ3n) is 2.61. The Bertz CT molecular complexity index is 507. The van der Waals surface area contributed by atoms with E-state index in [2.05, 4.69) is 4.72 Å². The highest BCUT2D eigenvalue weighted by Crippen LogP contribution is 2.21. The number of hydrogen-bond acceptors (Lipinski definition) is 4. The zero-order chi connectivity index (χ0) is 13.8. The van der Waals surface area contributed by atoms with Crippen LogP contribution in [0.25, 0.3) is 0 Å². The van der Waals surface area contributed by atoms with Crippen LogP contribution < -0.4 is 4.72 Å². The predicted octanol–water partition coefficient (Wildman–Crippen LogP) is 1.70. The van der Waals surface area contributed by atoms with Crippen LogP contribution in [0.5, 0.6) is 0 Å². The fraction of sp³-hybridized carbons (Fsp3) is 0.545. The maximum atomic E-state index is 11.9. The maximum Gasteiger partial charge on any atom is 0.307 e. The van der Waals surface area contributed by atoms with Crippen LogP contribution in [0.3, 0.4) is 0 Å². The van der Waals surface area contributed by atoms with Crippen molar-refractivity contribution in [1.82, 2.24) is 4.72 Å². The molecule has 1 aromatic rings. The largest absolute Gasteiger partial charge is 0.481 e. The summed E-state index contributed by atoms with van der Waals surface area (Å²) in [6.45, 7) is 3.59. The lowest BCUT2D eigenvalue weighted by atomic mass is 10.1. The summed E-state index contributed by atoms with van der Waals surface area (Å²) >= 11 is 1.21. The molecule has 5 nitrogen and oxygen atoms in total. The van der Waals surface area contributed by atoms with E-state index >= 15 is 0 Å². The summed E-state index contributed by atoms with van der Waals surface area (Å²) in [5.41, 5.74) is 0. The lowest BCUT2D eigenvalue weighted by molar-refractivity contribution is -0.141. The normalized spacial score (nSPS) is 13.4. The van der Waals surface area contributed by atoms with Gasteiger partial charge in [0.25, 0.3) is 0 Å². The van der Waals surface area contributed by atoms with Crippen molar-refractivity contribution in [2.24, 2.45) is 5.92 Å². The molecular weight excluding hydrogens is 274 g/mol. The molecule has 0 fully saturated rings. The average molecular weight is 291 g/mol. The van der Waals surface area contributed by atoms with Crippen LogP contribution in [0.1, 0.15) is 25.1 Å². The summed E-state index contributed by atoms with van der Waals surface area (Å²) in [4.78, 5) is 11.8. The smallest absolute Gasteiger partial charge is 0.307 e. The number of carboxylic acids is 1. The van der Waals surface area contributed by atoms with Gasteiger partial charge in [0.2, 0.25) is 10.0 Å². The summed E-state index contributed by atoms with van der Waals surface area (Å²) in [6.07, 6.45) is 1.18. The molecule has 0 radical (unpaired) electrons. The van der Waals surface area contributed by atoms with E-state index in [1.807, 2.05) is 6.92 Å². The number of carbonyl (C=O) groups is 1. The maximum absolute atomic E-state index is 11.9. The first-order valence-corrected chi connectivity index (χ1v) is 8.01. The quantitative estimate of drug-likeness (QED) is 0.801. The Hall–Kier alpha value is -0.920. The third-order valence-corrected chi connectivity index (χ3v) is 5.76. The van der Waals surface area contributed by atoms with Crippen LogP contribution in [0.2, 0.25) is 0 Å². The van der Waals surface area contributed by atoms with Gasteiger partial charge in [0.1, 0.15) is 4.21 Å². The van der Waals surface area contributed by atoms with Gasteiger partial charge in [0.15, 0.2) is 0 Å². The monoisotopic (exact) mass is 291 g/mol. The average Bonchev–Trinajstić information content (AvgIpc) is 2.78. The highest BCUT2D eigenvalue weighted by molar-refractivity contribution is 7.91. The van der Waals surface area contributed by atoms with Gasteiger partial charge in [-0.1, -0.05) is 13.8 Å². The molecule has 0 aliphatic rings. The number of hydrogen-bond donors (Lipinski definition) is 2. The van der Waals surface area contributed by atoms with Crippen LogP contribution in [-0.2, 0) is 21.2 Å². The summed E-state index contributed by atoms with van der Waals surface area (Å²) in [6, 6.07) is 3.32. The van der Waals surface area contributed by atoms with Gasteiger partial charge in [-0.2, -0.15) is 0 Å². The Kier molecular flexibility index (Phi) is 5.30. The first-order valence-electron chi connectivity index (χ1n) is 5.71. The fourth-order valence-corrected chi connectivity index (χ4v) is 3.80. The van der Waals surface area contributed by atoms with Crippen molar-refractivity contribution in [3.63, 3.8) is 0 Å². The second kappa shape index (κ2) is 6.31. The molecule has 7 heteroatoms. The molecule has 1 atom stereocenters. The molecule has 0 aliphatic heterocycles. The van der Waals surface area contributed by atoms with E-state index in [1.54, 1.807) is 19.1 Å². The van der Waals surface area contributed by atoms with Crippen molar-refractivity contribution >= 4 is 27.3 Å². The van der Waals surface area contributed by atoms with Crippen LogP contribution in [-0.4, -0.2) is 26.0 Å². The van der Waals surface area contributed by atoms with E-state index in [0.29, 0.717) is 6.42 Å². The lowest BCUT2D eigenvalue weighted by Gasteiger charge is -2.10. The van der Waals surface area contributed by atoms with E-state index in [9.17, 15) is 13.2 Å². The number of aliphatic carboxylic acids is 1. The molecule has 1 heterocycles. The van der Waals surface area contributed by atoms with Crippen molar-refractivity contribution in [2.75, 3.05) is 6.54 Å². The topological polar surface area (TPSA) is 83.5 Å². The number of rotatable bonds is 7. The molecule has 0 aromatic carbocycles. The molecule has 1 unspecified atom stereocenters. The van der Waals surface area contributed by atoms with Gasteiger partial charge in [-0.3, -0.25) is 4.79 Å². The minimum atomic E-state index is -3.58. The second-order valence-electron chi connectivity index (χ2n) is 3.87. The Morgan fingerprint density at radius 1 is 1.44 bits per heavy atom. The molecule has 1 rings (SSSR count). The van der Waals surface area contributed by atoms with Gasteiger partial charge in [-0.15, -0.1) is 11.3 Å². The molecule has 0 amide bonds. The molecule has 0 bridgehead atoms. The minimum Gasteiger partial charge on any atom is -0.481 e. The Balaban J connectivity index is 2.73. The van der Waals surface area contributed by atoms with Crippen molar-refractivity contribution in [2.45, 2.75) is 30.9 Å². The van der Waals surface area contributed by atoms with Crippen molar-refractivity contribution in [1.29, 1.82) is 0 Å². The van der Waals surface area contributed by atoms with Gasteiger partial charge < -0.3 is 5.11 Å². The molecule has 0 saturated heterocycles. The lowest BCUT2D eigenvalue weighted by Crippen LogP contribution is -2.32. The highest BCUT2D eigenvalue weighted by atomic mass is 32.2. The van der Waals surface area contributed by atoms with Gasteiger partial charge in [-0.25, -0.2) is 13.1 Å². The fourth-order valence-electron chi connectivity index (χ4n) is 1.38. The standard InChI is InChI=1S/C11H17NO4S2/c1-3-8(11(13)14)7-12-18(15,16)10-6-5-9(4-2)17-10/h5-6,8,12H,3-4,7H2,1-2H3,(H,13,14).